The molecule has 6 heteroatoms. The third-order valence-corrected chi connectivity index (χ3v) is 5.14. The first kappa shape index (κ1) is 14.8. The first-order chi connectivity index (χ1) is 10.1. The van der Waals surface area contributed by atoms with Crippen molar-refractivity contribution in [3.05, 3.63) is 55.9 Å². The molecule has 2 nitrogen and oxygen atoms in total. The molecule has 2 aromatic rings. The predicted octanol–water partition coefficient (Wildman–Crippen LogP) is 5.17. The van der Waals surface area contributed by atoms with Crippen LogP contribution in [0.3, 0.4) is 0 Å². The second-order valence-electron chi connectivity index (χ2n) is 4.95. The van der Waals surface area contributed by atoms with Crippen molar-refractivity contribution in [2.45, 2.75) is 18.9 Å². The smallest absolute Gasteiger partial charge is 0.256 e. The molecule has 3 rings (SSSR count). The lowest BCUT2D eigenvalue weighted by Crippen LogP contribution is -2.30. The number of thiophene rings is 1. The molecule has 1 saturated heterocycles. The normalized spacial score (nSPS) is 18.2. The number of rotatable bonds is 2. The Bertz CT molecular complexity index is 671. The number of hydrogen-bond acceptors (Lipinski definition) is 2. The number of carbonyl (C=O) groups excluding carboxylic acids is 1. The number of likely N-dealkylation sites (tertiary alicyclic amines) is 1. The average Bonchev–Trinajstić information content (AvgIpc) is 3.05. The molecule has 0 N–H and O–H groups in total. The Hall–Kier alpha value is -1.10. The summed E-state index contributed by atoms with van der Waals surface area (Å²) in [5, 5.41) is 0. The van der Waals surface area contributed by atoms with Crippen LogP contribution in [-0.2, 0) is 0 Å². The van der Waals surface area contributed by atoms with E-state index in [0.29, 0.717) is 20.8 Å². The van der Waals surface area contributed by atoms with Gasteiger partial charge in [0.25, 0.3) is 5.91 Å². The first-order valence-corrected chi connectivity index (χ1v) is 8.15. The van der Waals surface area contributed by atoms with E-state index in [4.69, 9.17) is 23.2 Å². The number of halogens is 3. The summed E-state index contributed by atoms with van der Waals surface area (Å²) >= 11 is 13.2. The summed E-state index contributed by atoms with van der Waals surface area (Å²) in [6.45, 7) is 0.671. The summed E-state index contributed by atoms with van der Waals surface area (Å²) in [7, 11) is 0. The summed E-state index contributed by atoms with van der Waals surface area (Å²) in [5.41, 5.74) is 1.39. The zero-order valence-corrected chi connectivity index (χ0v) is 13.3. The third kappa shape index (κ3) is 2.93. The molecule has 0 spiro atoms. The van der Waals surface area contributed by atoms with Gasteiger partial charge in [0, 0.05) is 6.54 Å². The molecular formula is C15H12Cl2FNOS. The molecule has 0 bridgehead atoms. The van der Waals surface area contributed by atoms with Crippen molar-refractivity contribution in [3.63, 3.8) is 0 Å². The van der Waals surface area contributed by atoms with Gasteiger partial charge in [0.1, 0.15) is 10.2 Å². The minimum absolute atomic E-state index is 0.0344. The SMILES string of the molecule is O=C(c1cc(Cl)sc1Cl)N1CCCC1c1ccc(F)cc1. The Morgan fingerprint density at radius 2 is 2.00 bits per heavy atom. The second kappa shape index (κ2) is 5.95. The van der Waals surface area contributed by atoms with Crippen LogP contribution in [0.25, 0.3) is 0 Å². The van der Waals surface area contributed by atoms with Gasteiger partial charge in [0.05, 0.1) is 15.9 Å². The van der Waals surface area contributed by atoms with Crippen LogP contribution < -0.4 is 0 Å². The van der Waals surface area contributed by atoms with E-state index < -0.39 is 0 Å². The van der Waals surface area contributed by atoms with Gasteiger partial charge in [0.15, 0.2) is 0 Å². The lowest BCUT2D eigenvalue weighted by atomic mass is 10.0. The molecule has 1 aromatic heterocycles. The molecule has 0 radical (unpaired) electrons. The highest BCUT2D eigenvalue weighted by molar-refractivity contribution is 7.20. The summed E-state index contributed by atoms with van der Waals surface area (Å²) < 4.78 is 14.0. The van der Waals surface area contributed by atoms with E-state index in [0.717, 1.165) is 18.4 Å². The van der Waals surface area contributed by atoms with E-state index in [9.17, 15) is 9.18 Å². The van der Waals surface area contributed by atoms with Gasteiger partial charge in [-0.05, 0) is 36.6 Å². The summed E-state index contributed by atoms with van der Waals surface area (Å²) in [6, 6.07) is 7.88. The van der Waals surface area contributed by atoms with Gasteiger partial charge in [-0.25, -0.2) is 4.39 Å². The lowest BCUT2D eigenvalue weighted by Gasteiger charge is -2.25. The molecule has 0 aliphatic carbocycles. The quantitative estimate of drug-likeness (QED) is 0.736. The fraction of sp³-hybridized carbons (Fsp3) is 0.267. The topological polar surface area (TPSA) is 20.3 Å². The van der Waals surface area contributed by atoms with Crippen LogP contribution in [0.1, 0.15) is 34.8 Å². The van der Waals surface area contributed by atoms with Crippen LogP contribution in [0.2, 0.25) is 8.67 Å². The van der Waals surface area contributed by atoms with Gasteiger partial charge < -0.3 is 4.90 Å². The molecule has 1 aliphatic rings. The van der Waals surface area contributed by atoms with Crippen LogP contribution in [-0.4, -0.2) is 17.4 Å². The first-order valence-electron chi connectivity index (χ1n) is 6.57. The summed E-state index contributed by atoms with van der Waals surface area (Å²) in [5.74, 6) is -0.391. The standard InChI is InChI=1S/C15H12Cl2FNOS/c16-13-8-11(14(17)21-13)15(20)19-7-1-2-12(19)9-3-5-10(18)6-4-9/h3-6,8,12H,1-2,7H2. The maximum atomic E-state index is 13.0. The molecule has 1 atom stereocenters. The van der Waals surface area contributed by atoms with E-state index in [1.54, 1.807) is 23.1 Å². The van der Waals surface area contributed by atoms with Gasteiger partial charge >= 0.3 is 0 Å². The summed E-state index contributed by atoms with van der Waals surface area (Å²) in [6.07, 6.45) is 1.79. The predicted molar refractivity (Wildman–Crippen MR) is 83.8 cm³/mol. The highest BCUT2D eigenvalue weighted by Gasteiger charge is 2.32. The van der Waals surface area contributed by atoms with Crippen molar-refractivity contribution in [3.8, 4) is 0 Å². The van der Waals surface area contributed by atoms with E-state index in [2.05, 4.69) is 0 Å². The Morgan fingerprint density at radius 1 is 1.29 bits per heavy atom. The lowest BCUT2D eigenvalue weighted by molar-refractivity contribution is 0.0736. The van der Waals surface area contributed by atoms with Crippen molar-refractivity contribution in [2.24, 2.45) is 0 Å². The Morgan fingerprint density at radius 3 is 2.62 bits per heavy atom. The van der Waals surface area contributed by atoms with Crippen molar-refractivity contribution in [2.75, 3.05) is 6.54 Å². The maximum Gasteiger partial charge on any atom is 0.256 e. The number of carbonyl (C=O) groups is 1. The fourth-order valence-corrected chi connectivity index (χ4v) is 4.13. The highest BCUT2D eigenvalue weighted by atomic mass is 35.5. The zero-order chi connectivity index (χ0) is 15.0. The van der Waals surface area contributed by atoms with Crippen molar-refractivity contribution < 1.29 is 9.18 Å². The van der Waals surface area contributed by atoms with Crippen LogP contribution in [0.4, 0.5) is 4.39 Å². The van der Waals surface area contributed by atoms with Crippen molar-refractivity contribution >= 4 is 40.4 Å². The number of nitrogens with zero attached hydrogens (tertiary/aromatic N) is 1. The monoisotopic (exact) mass is 343 g/mol. The number of hydrogen-bond donors (Lipinski definition) is 0. The molecular weight excluding hydrogens is 332 g/mol. The number of amides is 1. The van der Waals surface area contributed by atoms with Crippen molar-refractivity contribution in [1.82, 2.24) is 4.90 Å². The molecule has 1 amide bonds. The van der Waals surface area contributed by atoms with Gasteiger partial charge in [-0.15, -0.1) is 11.3 Å². The van der Waals surface area contributed by atoms with E-state index in [-0.39, 0.29) is 17.8 Å². The Balaban J connectivity index is 1.88. The van der Waals surface area contributed by atoms with Gasteiger partial charge in [-0.3, -0.25) is 4.79 Å². The number of benzene rings is 1. The molecule has 1 fully saturated rings. The molecule has 2 heterocycles. The van der Waals surface area contributed by atoms with Crippen LogP contribution in [0, 0.1) is 5.82 Å². The second-order valence-corrected chi connectivity index (χ2v) is 7.23. The van der Waals surface area contributed by atoms with Gasteiger partial charge in [-0.2, -0.15) is 0 Å². The average molecular weight is 344 g/mol. The molecule has 1 aliphatic heterocycles. The van der Waals surface area contributed by atoms with Gasteiger partial charge in [-0.1, -0.05) is 35.3 Å². The van der Waals surface area contributed by atoms with Crippen LogP contribution in [0.15, 0.2) is 30.3 Å². The van der Waals surface area contributed by atoms with Crippen LogP contribution in [0.5, 0.6) is 0 Å². The molecule has 110 valence electrons. The largest absolute Gasteiger partial charge is 0.332 e. The Labute approximate surface area is 136 Å². The summed E-state index contributed by atoms with van der Waals surface area (Å²) in [4.78, 5) is 14.4. The Kier molecular flexibility index (Phi) is 4.20. The van der Waals surface area contributed by atoms with Gasteiger partial charge in [0.2, 0.25) is 0 Å². The van der Waals surface area contributed by atoms with Crippen LogP contribution >= 0.6 is 34.5 Å². The molecule has 1 unspecified atom stereocenters. The maximum absolute atomic E-state index is 13.0. The minimum Gasteiger partial charge on any atom is -0.332 e. The van der Waals surface area contributed by atoms with Crippen molar-refractivity contribution in [1.29, 1.82) is 0 Å². The molecule has 21 heavy (non-hydrogen) atoms. The minimum atomic E-state index is -0.276. The fourth-order valence-electron chi connectivity index (χ4n) is 2.68. The third-order valence-electron chi connectivity index (χ3n) is 3.66. The highest BCUT2D eigenvalue weighted by Crippen LogP contribution is 2.37. The molecule has 1 aromatic carbocycles. The van der Waals surface area contributed by atoms with E-state index >= 15 is 0 Å². The zero-order valence-electron chi connectivity index (χ0n) is 11.0. The van der Waals surface area contributed by atoms with E-state index in [1.165, 1.54) is 23.5 Å². The van der Waals surface area contributed by atoms with E-state index in [1.807, 2.05) is 0 Å². The molecule has 0 saturated carbocycles.